The van der Waals surface area contributed by atoms with E-state index < -0.39 is 0 Å². The second-order valence-electron chi connectivity index (χ2n) is 7.97. The molecule has 0 bridgehead atoms. The molecule has 1 rings (SSSR count). The zero-order valence-corrected chi connectivity index (χ0v) is 20.0. The van der Waals surface area contributed by atoms with Crippen LogP contribution in [0.1, 0.15) is 59.1 Å². The van der Waals surface area contributed by atoms with Gasteiger partial charge in [-0.05, 0) is 59.1 Å². The topological polar surface area (TPSA) is 58.1 Å². The van der Waals surface area contributed by atoms with Gasteiger partial charge in [-0.25, -0.2) is 4.99 Å². The quantitative estimate of drug-likeness (QED) is 0.257. The van der Waals surface area contributed by atoms with Gasteiger partial charge in [0.25, 0.3) is 0 Å². The summed E-state index contributed by atoms with van der Waals surface area (Å²) in [5, 5.41) is 6.81. The lowest BCUT2D eigenvalue weighted by Gasteiger charge is -2.30. The highest BCUT2D eigenvalue weighted by Crippen LogP contribution is 2.08. The minimum absolute atomic E-state index is 0.572. The average molecular weight is 421 g/mol. The molecule has 0 unspecified atom stereocenters. The fraction of sp³-hybridized carbons (Fsp3) is 0.708. The molecule has 172 valence electrons. The van der Waals surface area contributed by atoms with Gasteiger partial charge in [-0.15, -0.1) is 0 Å². The van der Waals surface area contributed by atoms with Crippen molar-refractivity contribution in [1.29, 1.82) is 0 Å². The zero-order valence-electron chi connectivity index (χ0n) is 20.0. The first-order chi connectivity index (χ1) is 14.5. The fourth-order valence-corrected chi connectivity index (χ4v) is 3.36. The van der Waals surface area contributed by atoms with Crippen molar-refractivity contribution in [2.45, 2.75) is 73.2 Å². The summed E-state index contributed by atoms with van der Waals surface area (Å²) in [6.07, 6.45) is 1.09. The number of hydrogen-bond donors (Lipinski definition) is 2. The fourth-order valence-electron chi connectivity index (χ4n) is 3.36. The molecule has 0 atom stereocenters. The van der Waals surface area contributed by atoms with Gasteiger partial charge in [0, 0.05) is 38.3 Å². The molecule has 6 nitrogen and oxygen atoms in total. The van der Waals surface area contributed by atoms with Gasteiger partial charge < -0.3 is 20.1 Å². The molecular formula is C24H44N4O2. The number of hydrogen-bond acceptors (Lipinski definition) is 4. The summed E-state index contributed by atoms with van der Waals surface area (Å²) in [4.78, 5) is 7.27. The van der Waals surface area contributed by atoms with Crippen LogP contribution in [0.4, 0.5) is 0 Å². The lowest BCUT2D eigenvalue weighted by atomic mass is 10.1. The Bertz CT molecular complexity index is 582. The first-order valence-electron chi connectivity index (χ1n) is 11.5. The van der Waals surface area contributed by atoms with E-state index in [0.29, 0.717) is 38.4 Å². The molecule has 0 saturated heterocycles. The van der Waals surface area contributed by atoms with Crippen molar-refractivity contribution >= 4 is 5.96 Å². The molecule has 6 heteroatoms. The lowest BCUT2D eigenvalue weighted by Crippen LogP contribution is -2.41. The first kappa shape index (κ1) is 26.4. The van der Waals surface area contributed by atoms with Crippen molar-refractivity contribution in [3.63, 3.8) is 0 Å². The van der Waals surface area contributed by atoms with E-state index in [1.807, 2.05) is 6.92 Å². The first-order valence-corrected chi connectivity index (χ1v) is 11.5. The van der Waals surface area contributed by atoms with E-state index in [4.69, 9.17) is 14.5 Å². The summed E-state index contributed by atoms with van der Waals surface area (Å²) in [7, 11) is 0. The Balaban J connectivity index is 2.48. The van der Waals surface area contributed by atoms with E-state index in [2.05, 4.69) is 74.4 Å². The minimum atomic E-state index is 0.572. The van der Waals surface area contributed by atoms with Gasteiger partial charge in [0.15, 0.2) is 5.96 Å². The van der Waals surface area contributed by atoms with Crippen molar-refractivity contribution in [3.8, 4) is 0 Å². The van der Waals surface area contributed by atoms with Crippen molar-refractivity contribution in [2.75, 3.05) is 39.5 Å². The van der Waals surface area contributed by atoms with E-state index in [-0.39, 0.29) is 0 Å². The molecule has 0 saturated carbocycles. The number of guanidine groups is 1. The number of aliphatic imine (C=N–C) groups is 1. The Morgan fingerprint density at radius 1 is 1.00 bits per heavy atom. The molecule has 0 aliphatic rings. The standard InChI is InChI=1S/C24H44N4O2/c1-7-25-24(26-13-10-14-28(20(3)4)21(5)6)27-18-22-11-9-12-23(17-22)19-30-16-15-29-8-2/h9,11-12,17,20-21H,7-8,10,13-16,18-19H2,1-6H3,(H2,25,26,27). The molecule has 0 fully saturated rings. The maximum Gasteiger partial charge on any atom is 0.191 e. The van der Waals surface area contributed by atoms with Crippen molar-refractivity contribution in [3.05, 3.63) is 35.4 Å². The van der Waals surface area contributed by atoms with Crippen LogP contribution in [0.25, 0.3) is 0 Å². The van der Waals surface area contributed by atoms with E-state index in [9.17, 15) is 0 Å². The van der Waals surface area contributed by atoms with E-state index in [1.54, 1.807) is 0 Å². The SMILES string of the molecule is CCNC(=NCc1cccc(COCCOCC)c1)NCCCN(C(C)C)C(C)C. The Kier molecular flexibility index (Phi) is 14.2. The molecule has 0 spiro atoms. The maximum atomic E-state index is 5.67. The van der Waals surface area contributed by atoms with Crippen molar-refractivity contribution in [1.82, 2.24) is 15.5 Å². The van der Waals surface area contributed by atoms with Gasteiger partial charge in [-0.2, -0.15) is 0 Å². The average Bonchev–Trinajstić information content (AvgIpc) is 2.71. The summed E-state index contributed by atoms with van der Waals surface area (Å²) in [6.45, 7) is 19.2. The van der Waals surface area contributed by atoms with Crippen LogP contribution < -0.4 is 10.6 Å². The van der Waals surface area contributed by atoms with Gasteiger partial charge in [-0.1, -0.05) is 24.3 Å². The van der Waals surface area contributed by atoms with Crippen LogP contribution in [0.5, 0.6) is 0 Å². The molecule has 0 heterocycles. The highest BCUT2D eigenvalue weighted by molar-refractivity contribution is 5.79. The second kappa shape index (κ2) is 16.1. The summed E-state index contributed by atoms with van der Waals surface area (Å²) in [5.41, 5.74) is 2.35. The molecule has 2 N–H and O–H groups in total. The Hall–Kier alpha value is -1.63. The highest BCUT2D eigenvalue weighted by atomic mass is 16.5. The predicted octanol–water partition coefficient (Wildman–Crippen LogP) is 3.80. The molecule has 0 radical (unpaired) electrons. The third-order valence-corrected chi connectivity index (χ3v) is 4.81. The van der Waals surface area contributed by atoms with Crippen LogP contribution in [0.3, 0.4) is 0 Å². The Labute approximate surface area is 184 Å². The zero-order chi connectivity index (χ0) is 22.2. The van der Waals surface area contributed by atoms with Crippen LogP contribution in [0, 0.1) is 0 Å². The van der Waals surface area contributed by atoms with Crippen LogP contribution in [-0.2, 0) is 22.6 Å². The molecule has 30 heavy (non-hydrogen) atoms. The summed E-state index contributed by atoms with van der Waals surface area (Å²) in [5.74, 6) is 0.872. The summed E-state index contributed by atoms with van der Waals surface area (Å²) >= 11 is 0. The minimum Gasteiger partial charge on any atom is -0.379 e. The summed E-state index contributed by atoms with van der Waals surface area (Å²) < 4.78 is 11.0. The van der Waals surface area contributed by atoms with E-state index in [1.165, 1.54) is 11.1 Å². The molecule has 0 amide bonds. The molecular weight excluding hydrogens is 376 g/mol. The molecule has 0 aliphatic carbocycles. The normalized spacial score (nSPS) is 12.2. The lowest BCUT2D eigenvalue weighted by molar-refractivity contribution is 0.0453. The van der Waals surface area contributed by atoms with Gasteiger partial charge in [-0.3, -0.25) is 4.90 Å². The van der Waals surface area contributed by atoms with Gasteiger partial charge in [0.2, 0.25) is 0 Å². The van der Waals surface area contributed by atoms with Gasteiger partial charge >= 0.3 is 0 Å². The molecule has 0 aliphatic heterocycles. The third kappa shape index (κ3) is 11.5. The van der Waals surface area contributed by atoms with Crippen LogP contribution in [-0.4, -0.2) is 62.4 Å². The van der Waals surface area contributed by atoms with Crippen LogP contribution in [0.15, 0.2) is 29.3 Å². The maximum absolute atomic E-state index is 5.67. The molecule has 0 aromatic heterocycles. The second-order valence-corrected chi connectivity index (χ2v) is 7.97. The smallest absolute Gasteiger partial charge is 0.191 e. The predicted molar refractivity (Wildman–Crippen MR) is 127 cm³/mol. The Morgan fingerprint density at radius 3 is 2.37 bits per heavy atom. The van der Waals surface area contributed by atoms with E-state index in [0.717, 1.165) is 38.6 Å². The van der Waals surface area contributed by atoms with E-state index >= 15 is 0 Å². The third-order valence-electron chi connectivity index (χ3n) is 4.81. The monoisotopic (exact) mass is 420 g/mol. The molecule has 1 aromatic carbocycles. The number of rotatable bonds is 15. The van der Waals surface area contributed by atoms with Crippen LogP contribution in [0.2, 0.25) is 0 Å². The van der Waals surface area contributed by atoms with Crippen molar-refractivity contribution < 1.29 is 9.47 Å². The number of nitrogens with one attached hydrogen (secondary N) is 2. The number of nitrogens with zero attached hydrogens (tertiary/aromatic N) is 2. The van der Waals surface area contributed by atoms with Gasteiger partial charge in [0.05, 0.1) is 26.4 Å². The Morgan fingerprint density at radius 2 is 1.70 bits per heavy atom. The number of benzene rings is 1. The van der Waals surface area contributed by atoms with Crippen LogP contribution >= 0.6 is 0 Å². The van der Waals surface area contributed by atoms with Gasteiger partial charge in [0.1, 0.15) is 0 Å². The highest BCUT2D eigenvalue weighted by Gasteiger charge is 2.12. The largest absolute Gasteiger partial charge is 0.379 e. The molecule has 1 aromatic rings. The number of ether oxygens (including phenoxy) is 2. The van der Waals surface area contributed by atoms with Crippen molar-refractivity contribution in [2.24, 2.45) is 4.99 Å². The summed E-state index contributed by atoms with van der Waals surface area (Å²) in [6, 6.07) is 9.58.